The van der Waals surface area contributed by atoms with E-state index < -0.39 is 0 Å². The van der Waals surface area contributed by atoms with Crippen molar-refractivity contribution in [2.75, 3.05) is 0 Å². The molecule has 0 spiro atoms. The van der Waals surface area contributed by atoms with Crippen molar-refractivity contribution in [1.82, 2.24) is 9.55 Å². The maximum absolute atomic E-state index is 13.0. The molecule has 0 atom stereocenters. The highest BCUT2D eigenvalue weighted by Gasteiger charge is 2.12. The normalized spacial score (nSPS) is 10.8. The van der Waals surface area contributed by atoms with Gasteiger partial charge in [-0.1, -0.05) is 68.3 Å². The van der Waals surface area contributed by atoms with Crippen molar-refractivity contribution in [3.05, 3.63) is 70.0 Å². The zero-order chi connectivity index (χ0) is 19.1. The number of benzene rings is 2. The molecule has 27 heavy (non-hydrogen) atoms. The molecule has 3 aromatic rings. The van der Waals surface area contributed by atoms with Gasteiger partial charge in [-0.15, -0.1) is 0 Å². The standard InChI is InChI=1S/C22H23N3OS/c1-2-3-4-9-14-25-21(26)19-12-7-8-13-20(19)24-22(25)27-16-18-11-6-5-10-17(18)15-23/h5-8,10-13H,2-4,9,14,16H2,1H3. The van der Waals surface area contributed by atoms with Gasteiger partial charge in [0.1, 0.15) is 0 Å². The molecule has 0 unspecified atom stereocenters. The van der Waals surface area contributed by atoms with Crippen molar-refractivity contribution < 1.29 is 0 Å². The van der Waals surface area contributed by atoms with Crippen LogP contribution in [0.1, 0.15) is 43.7 Å². The molecule has 1 aromatic heterocycles. The van der Waals surface area contributed by atoms with Crippen LogP contribution in [0.3, 0.4) is 0 Å². The summed E-state index contributed by atoms with van der Waals surface area (Å²) in [5.74, 6) is 0.615. The lowest BCUT2D eigenvalue weighted by atomic mass is 10.1. The van der Waals surface area contributed by atoms with Gasteiger partial charge in [-0.05, 0) is 30.2 Å². The first kappa shape index (κ1) is 19.2. The molecule has 3 rings (SSSR count). The first-order valence-electron chi connectivity index (χ1n) is 9.35. The average molecular weight is 378 g/mol. The minimum absolute atomic E-state index is 0.0215. The summed E-state index contributed by atoms with van der Waals surface area (Å²) in [4.78, 5) is 17.8. The van der Waals surface area contributed by atoms with E-state index in [4.69, 9.17) is 4.98 Å². The first-order valence-corrected chi connectivity index (χ1v) is 10.3. The Balaban J connectivity index is 1.92. The Morgan fingerprint density at radius 2 is 1.85 bits per heavy atom. The highest BCUT2D eigenvalue weighted by Crippen LogP contribution is 2.24. The number of rotatable bonds is 8. The van der Waals surface area contributed by atoms with Gasteiger partial charge in [0, 0.05) is 12.3 Å². The number of thioether (sulfide) groups is 1. The van der Waals surface area contributed by atoms with Gasteiger partial charge >= 0.3 is 0 Å². The van der Waals surface area contributed by atoms with E-state index in [2.05, 4.69) is 13.0 Å². The molecule has 0 aliphatic heterocycles. The lowest BCUT2D eigenvalue weighted by Crippen LogP contribution is -2.23. The van der Waals surface area contributed by atoms with E-state index in [0.29, 0.717) is 23.2 Å². The summed E-state index contributed by atoms with van der Waals surface area (Å²) in [7, 11) is 0. The topological polar surface area (TPSA) is 58.7 Å². The van der Waals surface area contributed by atoms with Gasteiger partial charge in [-0.2, -0.15) is 5.26 Å². The SMILES string of the molecule is CCCCCCn1c(SCc2ccccc2C#N)nc2ccccc2c1=O. The Morgan fingerprint density at radius 3 is 2.67 bits per heavy atom. The fraction of sp³-hybridized carbons (Fsp3) is 0.318. The highest BCUT2D eigenvalue weighted by molar-refractivity contribution is 7.98. The molecule has 0 fully saturated rings. The molecule has 0 N–H and O–H groups in total. The zero-order valence-corrected chi connectivity index (χ0v) is 16.3. The zero-order valence-electron chi connectivity index (χ0n) is 15.5. The fourth-order valence-electron chi connectivity index (χ4n) is 3.05. The summed E-state index contributed by atoms with van der Waals surface area (Å²) in [6.45, 7) is 2.86. The summed E-state index contributed by atoms with van der Waals surface area (Å²) in [5, 5.41) is 10.7. The monoisotopic (exact) mass is 377 g/mol. The summed E-state index contributed by atoms with van der Waals surface area (Å²) in [5.41, 5.74) is 2.38. The Hall–Kier alpha value is -2.58. The third kappa shape index (κ3) is 4.58. The second-order valence-electron chi connectivity index (χ2n) is 6.49. The number of fused-ring (bicyclic) bond motifs is 1. The highest BCUT2D eigenvalue weighted by atomic mass is 32.2. The molecule has 0 amide bonds. The van der Waals surface area contributed by atoms with Crippen LogP contribution in [-0.4, -0.2) is 9.55 Å². The minimum atomic E-state index is 0.0215. The maximum Gasteiger partial charge on any atom is 0.262 e. The molecule has 0 saturated heterocycles. The molecular weight excluding hydrogens is 354 g/mol. The summed E-state index contributed by atoms with van der Waals surface area (Å²) in [6, 6.07) is 17.3. The lowest BCUT2D eigenvalue weighted by molar-refractivity contribution is 0.531. The van der Waals surface area contributed by atoms with Crippen LogP contribution >= 0.6 is 11.8 Å². The summed E-state index contributed by atoms with van der Waals surface area (Å²) in [6.07, 6.45) is 4.42. The van der Waals surface area contributed by atoms with Gasteiger partial charge in [0.25, 0.3) is 5.56 Å². The van der Waals surface area contributed by atoms with Crippen LogP contribution < -0.4 is 5.56 Å². The predicted molar refractivity (Wildman–Crippen MR) is 111 cm³/mol. The number of unbranched alkanes of at least 4 members (excludes halogenated alkanes) is 3. The van der Waals surface area contributed by atoms with E-state index >= 15 is 0 Å². The van der Waals surface area contributed by atoms with Crippen LogP contribution in [0.25, 0.3) is 10.9 Å². The molecule has 0 saturated carbocycles. The number of nitriles is 1. The van der Waals surface area contributed by atoms with Crippen LogP contribution in [0.4, 0.5) is 0 Å². The van der Waals surface area contributed by atoms with Gasteiger partial charge in [0.05, 0.1) is 22.5 Å². The van der Waals surface area contributed by atoms with E-state index in [1.165, 1.54) is 18.2 Å². The van der Waals surface area contributed by atoms with Crippen molar-refractivity contribution in [3.63, 3.8) is 0 Å². The van der Waals surface area contributed by atoms with E-state index in [0.717, 1.165) is 35.5 Å². The smallest absolute Gasteiger partial charge is 0.262 e. The quantitative estimate of drug-likeness (QED) is 0.310. The molecule has 5 heteroatoms. The molecule has 0 bridgehead atoms. The van der Waals surface area contributed by atoms with Crippen molar-refractivity contribution >= 4 is 22.7 Å². The molecule has 1 heterocycles. The number of hydrogen-bond acceptors (Lipinski definition) is 4. The molecule has 2 aromatic carbocycles. The number of hydrogen-bond donors (Lipinski definition) is 0. The second kappa shape index (κ2) is 9.38. The van der Waals surface area contributed by atoms with Gasteiger partial charge in [-0.25, -0.2) is 4.98 Å². The van der Waals surface area contributed by atoms with E-state index in [-0.39, 0.29) is 5.56 Å². The Labute approximate surface area is 163 Å². The van der Waals surface area contributed by atoms with E-state index in [1.807, 2.05) is 48.5 Å². The third-order valence-electron chi connectivity index (χ3n) is 4.56. The van der Waals surface area contributed by atoms with Crippen molar-refractivity contribution in [3.8, 4) is 6.07 Å². The number of nitrogens with zero attached hydrogens (tertiary/aromatic N) is 3. The molecule has 0 aliphatic rings. The van der Waals surface area contributed by atoms with E-state index in [1.54, 1.807) is 4.57 Å². The second-order valence-corrected chi connectivity index (χ2v) is 7.43. The van der Waals surface area contributed by atoms with Crippen molar-refractivity contribution in [2.24, 2.45) is 0 Å². The minimum Gasteiger partial charge on any atom is -0.287 e. The Bertz CT molecular complexity index is 1020. The van der Waals surface area contributed by atoms with Crippen LogP contribution in [-0.2, 0) is 12.3 Å². The van der Waals surface area contributed by atoms with Crippen LogP contribution in [0.2, 0.25) is 0 Å². The van der Waals surface area contributed by atoms with Gasteiger partial charge in [0.2, 0.25) is 0 Å². The van der Waals surface area contributed by atoms with Crippen molar-refractivity contribution in [2.45, 2.75) is 50.1 Å². The third-order valence-corrected chi connectivity index (χ3v) is 5.58. The first-order chi connectivity index (χ1) is 13.2. The fourth-order valence-corrected chi connectivity index (χ4v) is 4.08. The molecule has 0 aliphatic carbocycles. The Kier molecular flexibility index (Phi) is 6.67. The average Bonchev–Trinajstić information content (AvgIpc) is 2.71. The van der Waals surface area contributed by atoms with Crippen molar-refractivity contribution in [1.29, 1.82) is 5.26 Å². The van der Waals surface area contributed by atoms with Gasteiger partial charge in [0.15, 0.2) is 5.16 Å². The number of para-hydroxylation sites is 1. The maximum atomic E-state index is 13.0. The summed E-state index contributed by atoms with van der Waals surface area (Å²) >= 11 is 1.52. The molecule has 0 radical (unpaired) electrons. The van der Waals surface area contributed by atoms with Crippen LogP contribution in [0.5, 0.6) is 0 Å². The number of aromatic nitrogens is 2. The largest absolute Gasteiger partial charge is 0.287 e. The lowest BCUT2D eigenvalue weighted by Gasteiger charge is -2.13. The van der Waals surface area contributed by atoms with Gasteiger partial charge in [-0.3, -0.25) is 9.36 Å². The van der Waals surface area contributed by atoms with Crippen LogP contribution in [0.15, 0.2) is 58.5 Å². The summed E-state index contributed by atoms with van der Waals surface area (Å²) < 4.78 is 1.80. The van der Waals surface area contributed by atoms with E-state index in [9.17, 15) is 10.1 Å². The van der Waals surface area contributed by atoms with Gasteiger partial charge < -0.3 is 0 Å². The predicted octanol–water partition coefficient (Wildman–Crippen LogP) is 5.14. The molecular formula is C22H23N3OS. The Morgan fingerprint density at radius 1 is 1.07 bits per heavy atom. The molecule has 4 nitrogen and oxygen atoms in total. The molecule has 138 valence electrons. The van der Waals surface area contributed by atoms with Crippen LogP contribution in [0, 0.1) is 11.3 Å².